The molecule has 7 N–H and O–H groups in total. The van der Waals surface area contributed by atoms with Crippen LogP contribution in [-0.2, 0) is 25.4 Å². The SMILES string of the molecule is Cl.O=P(O)(O)O.O=S(=O)(O)O.O=S(=O)(O)O. The van der Waals surface area contributed by atoms with E-state index in [1.165, 1.54) is 0 Å². The van der Waals surface area contributed by atoms with E-state index in [9.17, 15) is 0 Å². The van der Waals surface area contributed by atoms with Crippen LogP contribution in [0.15, 0.2) is 0 Å². The fourth-order valence-corrected chi connectivity index (χ4v) is 0. The molecule has 0 saturated carbocycles. The van der Waals surface area contributed by atoms with Gasteiger partial charge in [-0.15, -0.1) is 12.4 Å². The second kappa shape index (κ2) is 9.20. The van der Waals surface area contributed by atoms with Gasteiger partial charge in [-0.3, -0.25) is 18.2 Å². The van der Waals surface area contributed by atoms with Gasteiger partial charge in [0.25, 0.3) is 0 Å². The average Bonchev–Trinajstić information content (AvgIpc) is 1.41. The molecule has 0 radical (unpaired) electrons. The van der Waals surface area contributed by atoms with Crippen LogP contribution in [-0.4, -0.2) is 49.7 Å². The van der Waals surface area contributed by atoms with Crippen LogP contribution in [0.2, 0.25) is 0 Å². The van der Waals surface area contributed by atoms with E-state index in [0.717, 1.165) is 0 Å². The van der Waals surface area contributed by atoms with Crippen molar-refractivity contribution in [2.75, 3.05) is 0 Å². The summed E-state index contributed by atoms with van der Waals surface area (Å²) in [6.45, 7) is 0. The Morgan fingerprint density at radius 3 is 0.688 bits per heavy atom. The van der Waals surface area contributed by atoms with E-state index in [0.29, 0.717) is 0 Å². The zero-order valence-corrected chi connectivity index (χ0v) is 10.2. The zero-order valence-electron chi connectivity index (χ0n) is 6.84. The Hall–Kier alpha value is 0.140. The standard InChI is InChI=1S/ClH.H3O4P.2H2O4S/c;3*1-5(2,3)4/h1H;(H3,1,2,3,4);2*(H2,1,2,3,4). The third kappa shape index (κ3) is 125000. The maximum absolute atomic E-state index is 8.88. The van der Waals surface area contributed by atoms with E-state index in [1.54, 1.807) is 0 Å². The highest BCUT2D eigenvalue weighted by atomic mass is 35.5. The minimum absolute atomic E-state index is 0. The molecular formula is H8ClO12PS2. The first-order chi connectivity index (χ1) is 6.00. The number of halogens is 1. The van der Waals surface area contributed by atoms with Crippen LogP contribution < -0.4 is 0 Å². The molecule has 16 heteroatoms. The first kappa shape index (κ1) is 25.1. The molecule has 0 aromatic heterocycles. The Kier molecular flexibility index (Phi) is 14.4. The van der Waals surface area contributed by atoms with Crippen molar-refractivity contribution in [1.29, 1.82) is 0 Å². The lowest BCUT2D eigenvalue weighted by Crippen LogP contribution is -1.89. The summed E-state index contributed by atoms with van der Waals surface area (Å²) in [6, 6.07) is 0. The third-order valence-corrected chi connectivity index (χ3v) is 0. The molecule has 0 saturated heterocycles. The normalized spacial score (nSPS) is 10.9. The highest BCUT2D eigenvalue weighted by molar-refractivity contribution is 7.80. The van der Waals surface area contributed by atoms with Gasteiger partial charge in [0, 0.05) is 0 Å². The highest BCUT2D eigenvalue weighted by Gasteiger charge is 2.00. The van der Waals surface area contributed by atoms with Crippen molar-refractivity contribution in [3.63, 3.8) is 0 Å². The lowest BCUT2D eigenvalue weighted by atomic mass is 15.8. The molecule has 0 rings (SSSR count). The summed E-state index contributed by atoms with van der Waals surface area (Å²) in [5, 5.41) is 0. The molecule has 0 atom stereocenters. The summed E-state index contributed by atoms with van der Waals surface area (Å²) in [5.41, 5.74) is 0. The summed E-state index contributed by atoms with van der Waals surface area (Å²) in [6.07, 6.45) is 0. The van der Waals surface area contributed by atoms with Crippen molar-refractivity contribution in [1.82, 2.24) is 0 Å². The average molecular weight is 331 g/mol. The molecule has 0 unspecified atom stereocenters. The smallest absolute Gasteiger partial charge is 0.303 e. The topological polar surface area (TPSA) is 227 Å². The fraction of sp³-hybridized carbons (Fsp3) is 0. The Morgan fingerprint density at radius 1 is 0.688 bits per heavy atom. The lowest BCUT2D eigenvalue weighted by molar-refractivity contribution is 0.275. The molecule has 0 aliphatic heterocycles. The monoisotopic (exact) mass is 330 g/mol. The van der Waals surface area contributed by atoms with Crippen LogP contribution in [0.3, 0.4) is 0 Å². The summed E-state index contributed by atoms with van der Waals surface area (Å²) in [5.74, 6) is 0. The van der Waals surface area contributed by atoms with Crippen LogP contribution in [0.1, 0.15) is 0 Å². The van der Waals surface area contributed by atoms with E-state index >= 15 is 0 Å². The van der Waals surface area contributed by atoms with Crippen LogP contribution >= 0.6 is 20.2 Å². The molecule has 0 fully saturated rings. The van der Waals surface area contributed by atoms with E-state index in [2.05, 4.69) is 0 Å². The fourth-order valence-electron chi connectivity index (χ4n) is 0. The Labute approximate surface area is 95.7 Å². The number of hydrogen-bond donors (Lipinski definition) is 7. The van der Waals surface area contributed by atoms with Crippen LogP contribution in [0, 0.1) is 0 Å². The summed E-state index contributed by atoms with van der Waals surface area (Å²) < 4.78 is 72.0. The molecule has 0 heterocycles. The molecule has 16 heavy (non-hydrogen) atoms. The van der Waals surface area contributed by atoms with Gasteiger partial charge >= 0.3 is 28.6 Å². The number of hydrogen-bond acceptors (Lipinski definition) is 5. The van der Waals surface area contributed by atoms with Crippen molar-refractivity contribution >= 4 is 41.0 Å². The van der Waals surface area contributed by atoms with E-state index in [1.807, 2.05) is 0 Å². The summed E-state index contributed by atoms with van der Waals surface area (Å²) in [7, 11) is -14.0. The maximum Gasteiger partial charge on any atom is 0.466 e. The molecular weight excluding hydrogens is 323 g/mol. The van der Waals surface area contributed by atoms with Gasteiger partial charge in [-0.05, 0) is 0 Å². The van der Waals surface area contributed by atoms with Gasteiger partial charge in [0.15, 0.2) is 0 Å². The van der Waals surface area contributed by atoms with Crippen molar-refractivity contribution in [2.45, 2.75) is 0 Å². The first-order valence-electron chi connectivity index (χ1n) is 2.18. The van der Waals surface area contributed by atoms with Gasteiger partial charge in [0.05, 0.1) is 0 Å². The van der Waals surface area contributed by atoms with Gasteiger partial charge in [-0.1, -0.05) is 0 Å². The minimum Gasteiger partial charge on any atom is -0.303 e. The molecule has 0 spiro atoms. The molecule has 104 valence electrons. The highest BCUT2D eigenvalue weighted by Crippen LogP contribution is 2.25. The van der Waals surface area contributed by atoms with Gasteiger partial charge in [0.1, 0.15) is 0 Å². The van der Waals surface area contributed by atoms with E-state index in [-0.39, 0.29) is 12.4 Å². The molecule has 0 aromatic rings. The second-order valence-corrected chi connectivity index (χ2v) is 4.23. The first-order valence-corrected chi connectivity index (χ1v) is 6.54. The number of rotatable bonds is 0. The molecule has 0 aliphatic carbocycles. The van der Waals surface area contributed by atoms with Crippen molar-refractivity contribution in [2.24, 2.45) is 0 Å². The quantitative estimate of drug-likeness (QED) is 0.192. The summed E-state index contributed by atoms with van der Waals surface area (Å²) >= 11 is 0. The Balaban J connectivity index is -0.0000000655. The molecule has 0 amide bonds. The van der Waals surface area contributed by atoms with Gasteiger partial charge < -0.3 is 14.7 Å². The number of phosphoric acid groups is 1. The third-order valence-electron chi connectivity index (χ3n) is 0. The second-order valence-electron chi connectivity index (χ2n) is 1.41. The molecule has 0 bridgehead atoms. The predicted octanol–water partition coefficient (Wildman–Crippen LogP) is -1.81. The Bertz CT molecular complexity index is 326. The van der Waals surface area contributed by atoms with Crippen LogP contribution in [0.4, 0.5) is 0 Å². The molecule has 0 aromatic carbocycles. The summed E-state index contributed by atoms with van der Waals surface area (Å²) in [4.78, 5) is 21.6. The van der Waals surface area contributed by atoms with Gasteiger partial charge in [-0.25, -0.2) is 4.57 Å². The van der Waals surface area contributed by atoms with Crippen molar-refractivity contribution in [3.8, 4) is 0 Å². The zero-order chi connectivity index (χ0) is 13.5. The van der Waals surface area contributed by atoms with E-state index in [4.69, 9.17) is 54.3 Å². The Morgan fingerprint density at radius 2 is 0.688 bits per heavy atom. The molecule has 12 nitrogen and oxygen atoms in total. The van der Waals surface area contributed by atoms with Gasteiger partial charge in [-0.2, -0.15) is 16.8 Å². The maximum atomic E-state index is 8.88. The van der Waals surface area contributed by atoms with Crippen LogP contribution in [0.25, 0.3) is 0 Å². The predicted molar refractivity (Wildman–Crippen MR) is 49.9 cm³/mol. The van der Waals surface area contributed by atoms with Gasteiger partial charge in [0.2, 0.25) is 0 Å². The van der Waals surface area contributed by atoms with Crippen LogP contribution in [0.5, 0.6) is 0 Å². The minimum atomic E-state index is -4.67. The molecule has 0 aliphatic rings. The van der Waals surface area contributed by atoms with Crippen molar-refractivity contribution in [3.05, 3.63) is 0 Å². The van der Waals surface area contributed by atoms with E-state index < -0.39 is 28.6 Å². The van der Waals surface area contributed by atoms with Crippen molar-refractivity contribution < 1.29 is 54.3 Å². The largest absolute Gasteiger partial charge is 0.466 e. The lowest BCUT2D eigenvalue weighted by Gasteiger charge is -1.82.